The summed E-state index contributed by atoms with van der Waals surface area (Å²) >= 11 is 0. The van der Waals surface area contributed by atoms with Crippen LogP contribution < -0.4 is 10.1 Å². The molecule has 1 aromatic rings. The molecule has 7 heteroatoms. The van der Waals surface area contributed by atoms with Crippen LogP contribution in [0.25, 0.3) is 0 Å². The fourth-order valence-electron chi connectivity index (χ4n) is 2.95. The third kappa shape index (κ3) is 5.75. The Morgan fingerprint density at radius 2 is 1.88 bits per heavy atom. The van der Waals surface area contributed by atoms with E-state index in [2.05, 4.69) is 5.32 Å². The number of hydrogen-bond donors (Lipinski definition) is 2. The van der Waals surface area contributed by atoms with Crippen LogP contribution in [0.15, 0.2) is 30.3 Å². The first-order chi connectivity index (χ1) is 12.5. The number of hydrogen-bond acceptors (Lipinski definition) is 4. The van der Waals surface area contributed by atoms with Crippen molar-refractivity contribution in [2.24, 2.45) is 5.92 Å². The van der Waals surface area contributed by atoms with Crippen LogP contribution in [0.1, 0.15) is 32.6 Å². The van der Waals surface area contributed by atoms with Crippen molar-refractivity contribution < 1.29 is 24.2 Å². The average molecular weight is 362 g/mol. The van der Waals surface area contributed by atoms with E-state index < -0.39 is 12.0 Å². The Bertz CT molecular complexity index is 612. The van der Waals surface area contributed by atoms with Crippen LogP contribution >= 0.6 is 0 Å². The number of carbonyl (C=O) groups is 3. The third-order valence-corrected chi connectivity index (χ3v) is 4.57. The number of ether oxygens (including phenoxy) is 1. The lowest BCUT2D eigenvalue weighted by molar-refractivity contribution is -0.143. The smallest absolute Gasteiger partial charge is 0.326 e. The summed E-state index contributed by atoms with van der Waals surface area (Å²) in [6, 6.07) is 8.49. The maximum atomic E-state index is 12.2. The number of nitrogens with one attached hydrogen (secondary N) is 1. The van der Waals surface area contributed by atoms with E-state index in [9.17, 15) is 14.4 Å². The third-order valence-electron chi connectivity index (χ3n) is 4.57. The van der Waals surface area contributed by atoms with E-state index in [0.29, 0.717) is 45.4 Å². The Morgan fingerprint density at radius 3 is 2.46 bits per heavy atom. The monoisotopic (exact) mass is 362 g/mol. The van der Waals surface area contributed by atoms with Crippen LogP contribution in [0, 0.1) is 5.92 Å². The molecule has 0 aliphatic carbocycles. The number of nitrogens with zero attached hydrogens (tertiary/aromatic N) is 1. The summed E-state index contributed by atoms with van der Waals surface area (Å²) in [7, 11) is 0. The molecule has 1 saturated heterocycles. The maximum absolute atomic E-state index is 12.2. The maximum Gasteiger partial charge on any atom is 0.326 e. The molecule has 1 aliphatic heterocycles. The highest BCUT2D eigenvalue weighted by atomic mass is 16.5. The van der Waals surface area contributed by atoms with Crippen molar-refractivity contribution in [1.29, 1.82) is 0 Å². The number of rotatable bonds is 8. The molecule has 1 heterocycles. The van der Waals surface area contributed by atoms with Gasteiger partial charge in [-0.25, -0.2) is 4.79 Å². The van der Waals surface area contributed by atoms with Gasteiger partial charge in [-0.15, -0.1) is 0 Å². The van der Waals surface area contributed by atoms with E-state index in [0.717, 1.165) is 5.75 Å². The van der Waals surface area contributed by atoms with Gasteiger partial charge in [-0.1, -0.05) is 25.1 Å². The number of carboxylic acid groups (broad SMARTS) is 1. The summed E-state index contributed by atoms with van der Waals surface area (Å²) in [6.07, 6.45) is 1.74. The van der Waals surface area contributed by atoms with Gasteiger partial charge in [0.1, 0.15) is 11.8 Å². The first-order valence-corrected chi connectivity index (χ1v) is 9.00. The predicted octanol–water partition coefficient (Wildman–Crippen LogP) is 1.67. The summed E-state index contributed by atoms with van der Waals surface area (Å²) in [4.78, 5) is 37.2. The molecule has 26 heavy (non-hydrogen) atoms. The van der Waals surface area contributed by atoms with Crippen molar-refractivity contribution in [3.05, 3.63) is 30.3 Å². The molecule has 2 amide bonds. The van der Waals surface area contributed by atoms with Crippen molar-refractivity contribution in [2.75, 3.05) is 19.7 Å². The Labute approximate surface area is 153 Å². The second-order valence-corrected chi connectivity index (χ2v) is 6.37. The fourth-order valence-corrected chi connectivity index (χ4v) is 2.95. The van der Waals surface area contributed by atoms with Gasteiger partial charge in [0.05, 0.1) is 13.0 Å². The molecular formula is C19H26N2O5. The minimum atomic E-state index is -1.02. The van der Waals surface area contributed by atoms with Crippen molar-refractivity contribution in [1.82, 2.24) is 10.2 Å². The zero-order valence-electron chi connectivity index (χ0n) is 15.0. The first kappa shape index (κ1) is 19.8. The second kappa shape index (κ2) is 9.79. The molecule has 2 rings (SSSR count). The largest absolute Gasteiger partial charge is 0.493 e. The predicted molar refractivity (Wildman–Crippen MR) is 95.7 cm³/mol. The molecule has 1 unspecified atom stereocenters. The standard InChI is InChI=1S/C19H26N2O5/c1-2-16(19(24)25)20-18(23)14-8-11-21(12-9-14)17(22)10-13-26-15-6-4-3-5-7-15/h3-7,14,16H,2,8-13H2,1H3,(H,20,23)(H,24,25). The zero-order chi connectivity index (χ0) is 18.9. The number of likely N-dealkylation sites (tertiary alicyclic amines) is 1. The van der Waals surface area contributed by atoms with Crippen LogP contribution in [-0.4, -0.2) is 53.5 Å². The molecule has 1 aromatic carbocycles. The van der Waals surface area contributed by atoms with Crippen LogP contribution in [-0.2, 0) is 14.4 Å². The summed E-state index contributed by atoms with van der Waals surface area (Å²) in [5, 5.41) is 11.6. The molecule has 0 saturated carbocycles. The molecule has 142 valence electrons. The van der Waals surface area contributed by atoms with Gasteiger partial charge in [0.25, 0.3) is 0 Å². The summed E-state index contributed by atoms with van der Waals surface area (Å²) in [5.74, 6) is -0.755. The van der Waals surface area contributed by atoms with Gasteiger partial charge >= 0.3 is 5.97 Å². The average Bonchev–Trinajstić information content (AvgIpc) is 2.66. The highest BCUT2D eigenvalue weighted by Gasteiger charge is 2.29. The lowest BCUT2D eigenvalue weighted by atomic mass is 9.95. The molecule has 0 radical (unpaired) electrons. The Morgan fingerprint density at radius 1 is 1.23 bits per heavy atom. The molecule has 1 fully saturated rings. The van der Waals surface area contributed by atoms with Crippen LogP contribution in [0.2, 0.25) is 0 Å². The lowest BCUT2D eigenvalue weighted by Gasteiger charge is -2.32. The van der Waals surface area contributed by atoms with Crippen molar-refractivity contribution in [2.45, 2.75) is 38.6 Å². The van der Waals surface area contributed by atoms with Gasteiger partial charge in [0.2, 0.25) is 11.8 Å². The Hall–Kier alpha value is -2.57. The van der Waals surface area contributed by atoms with Gasteiger partial charge in [-0.3, -0.25) is 9.59 Å². The fraction of sp³-hybridized carbons (Fsp3) is 0.526. The molecular weight excluding hydrogens is 336 g/mol. The van der Waals surface area contributed by atoms with E-state index in [1.807, 2.05) is 30.3 Å². The number of benzene rings is 1. The van der Waals surface area contributed by atoms with Crippen molar-refractivity contribution >= 4 is 17.8 Å². The Kier molecular flexibility index (Phi) is 7.44. The molecule has 0 bridgehead atoms. The summed E-state index contributed by atoms with van der Waals surface area (Å²) < 4.78 is 5.54. The van der Waals surface area contributed by atoms with Crippen LogP contribution in [0.5, 0.6) is 5.75 Å². The van der Waals surface area contributed by atoms with E-state index in [1.165, 1.54) is 0 Å². The normalized spacial score (nSPS) is 16.0. The molecule has 0 aromatic heterocycles. The molecule has 7 nitrogen and oxygen atoms in total. The minimum Gasteiger partial charge on any atom is -0.493 e. The number of amides is 2. The molecule has 0 spiro atoms. The van der Waals surface area contributed by atoms with E-state index in [4.69, 9.17) is 9.84 Å². The number of carboxylic acids is 1. The number of carbonyl (C=O) groups excluding carboxylic acids is 2. The summed E-state index contributed by atoms with van der Waals surface area (Å²) in [6.45, 7) is 3.05. The first-order valence-electron chi connectivity index (χ1n) is 9.00. The highest BCUT2D eigenvalue weighted by molar-refractivity contribution is 5.85. The van der Waals surface area contributed by atoms with Crippen LogP contribution in [0.4, 0.5) is 0 Å². The molecule has 1 aliphatic rings. The Balaban J connectivity index is 1.70. The number of piperidine rings is 1. The van der Waals surface area contributed by atoms with Gasteiger partial charge in [0, 0.05) is 19.0 Å². The molecule has 1 atom stereocenters. The van der Waals surface area contributed by atoms with E-state index in [-0.39, 0.29) is 17.7 Å². The molecule has 2 N–H and O–H groups in total. The second-order valence-electron chi connectivity index (χ2n) is 6.37. The lowest BCUT2D eigenvalue weighted by Crippen LogP contribution is -2.47. The van der Waals surface area contributed by atoms with Crippen LogP contribution in [0.3, 0.4) is 0 Å². The van der Waals surface area contributed by atoms with Gasteiger partial charge < -0.3 is 20.1 Å². The van der Waals surface area contributed by atoms with Gasteiger partial charge in [0.15, 0.2) is 0 Å². The number of aliphatic carboxylic acids is 1. The minimum absolute atomic E-state index is 0.0109. The topological polar surface area (TPSA) is 95.9 Å². The van der Waals surface area contributed by atoms with Gasteiger partial charge in [-0.2, -0.15) is 0 Å². The zero-order valence-corrected chi connectivity index (χ0v) is 15.0. The van der Waals surface area contributed by atoms with E-state index in [1.54, 1.807) is 11.8 Å². The SMILES string of the molecule is CCC(NC(=O)C1CCN(C(=O)CCOc2ccccc2)CC1)C(=O)O. The highest BCUT2D eigenvalue weighted by Crippen LogP contribution is 2.18. The van der Waals surface area contributed by atoms with Gasteiger partial charge in [-0.05, 0) is 31.4 Å². The quantitative estimate of drug-likeness (QED) is 0.733. The van der Waals surface area contributed by atoms with Crippen molar-refractivity contribution in [3.63, 3.8) is 0 Å². The summed E-state index contributed by atoms with van der Waals surface area (Å²) in [5.41, 5.74) is 0. The number of para-hydroxylation sites is 1. The van der Waals surface area contributed by atoms with Crippen molar-refractivity contribution in [3.8, 4) is 5.75 Å². The van der Waals surface area contributed by atoms with E-state index >= 15 is 0 Å².